The van der Waals surface area contributed by atoms with Crippen LogP contribution in [0.1, 0.15) is 55.9 Å². The SMILES string of the molecule is Cc1c(O)cc(C(=O)NC2(c3ccccn3)CC2)cc1CCc1ccc2oc(-c3ccc(F)cc3)c(C(N)=O)c2c1. The van der Waals surface area contributed by atoms with E-state index in [1.807, 2.05) is 43.3 Å². The first-order chi connectivity index (χ1) is 19.7. The zero-order valence-corrected chi connectivity index (χ0v) is 22.4. The van der Waals surface area contributed by atoms with Gasteiger partial charge in [0.05, 0.1) is 16.8 Å². The number of aromatic hydroxyl groups is 1. The number of hydrogen-bond acceptors (Lipinski definition) is 5. The molecule has 0 spiro atoms. The first kappa shape index (κ1) is 26.3. The minimum atomic E-state index is -0.640. The van der Waals surface area contributed by atoms with Crippen molar-refractivity contribution in [2.45, 2.75) is 38.1 Å². The summed E-state index contributed by atoms with van der Waals surface area (Å²) in [5.41, 5.74) is 10.2. The van der Waals surface area contributed by atoms with Crippen molar-refractivity contribution in [1.29, 1.82) is 0 Å². The molecule has 2 aromatic heterocycles. The Bertz CT molecular complexity index is 1790. The molecule has 0 saturated heterocycles. The Morgan fingerprint density at radius 1 is 1.05 bits per heavy atom. The molecule has 0 radical (unpaired) electrons. The van der Waals surface area contributed by atoms with Crippen molar-refractivity contribution in [1.82, 2.24) is 10.3 Å². The highest BCUT2D eigenvalue weighted by Crippen LogP contribution is 2.44. The number of rotatable bonds is 8. The van der Waals surface area contributed by atoms with Gasteiger partial charge in [-0.25, -0.2) is 4.39 Å². The quantitative estimate of drug-likeness (QED) is 0.221. The Morgan fingerprint density at radius 2 is 1.83 bits per heavy atom. The van der Waals surface area contributed by atoms with Crippen molar-refractivity contribution in [3.8, 4) is 17.1 Å². The molecule has 1 aliphatic carbocycles. The van der Waals surface area contributed by atoms with Gasteiger partial charge in [-0.3, -0.25) is 14.6 Å². The van der Waals surface area contributed by atoms with E-state index < -0.39 is 17.3 Å². The van der Waals surface area contributed by atoms with E-state index >= 15 is 0 Å². The molecule has 41 heavy (non-hydrogen) atoms. The summed E-state index contributed by atoms with van der Waals surface area (Å²) in [7, 11) is 0. The van der Waals surface area contributed by atoms with E-state index in [1.165, 1.54) is 18.2 Å². The number of aromatic nitrogens is 1. The monoisotopic (exact) mass is 549 g/mol. The van der Waals surface area contributed by atoms with Crippen LogP contribution < -0.4 is 11.1 Å². The summed E-state index contributed by atoms with van der Waals surface area (Å²) in [6.07, 6.45) is 4.47. The molecule has 206 valence electrons. The molecule has 6 rings (SSSR count). The van der Waals surface area contributed by atoms with Crippen LogP contribution in [0.5, 0.6) is 5.75 Å². The number of phenolic OH excluding ortho intramolecular Hbond substituents is 1. The summed E-state index contributed by atoms with van der Waals surface area (Å²) in [5, 5.41) is 14.3. The van der Waals surface area contributed by atoms with Crippen LogP contribution in [0, 0.1) is 12.7 Å². The van der Waals surface area contributed by atoms with Gasteiger partial charge in [0.25, 0.3) is 11.8 Å². The van der Waals surface area contributed by atoms with E-state index in [9.17, 15) is 19.1 Å². The Balaban J connectivity index is 1.25. The molecule has 7 nitrogen and oxygen atoms in total. The normalized spacial score (nSPS) is 13.7. The van der Waals surface area contributed by atoms with Crippen molar-refractivity contribution in [2.24, 2.45) is 5.73 Å². The minimum Gasteiger partial charge on any atom is -0.508 e. The van der Waals surface area contributed by atoms with Crippen LogP contribution in [0.3, 0.4) is 0 Å². The van der Waals surface area contributed by atoms with Crippen molar-refractivity contribution in [3.63, 3.8) is 0 Å². The van der Waals surface area contributed by atoms with Gasteiger partial charge in [-0.15, -0.1) is 0 Å². The van der Waals surface area contributed by atoms with Crippen LogP contribution in [0.4, 0.5) is 4.39 Å². The third-order valence-corrected chi connectivity index (χ3v) is 7.80. The van der Waals surface area contributed by atoms with E-state index in [4.69, 9.17) is 10.2 Å². The molecular formula is C33H28FN3O4. The number of aryl methyl sites for hydroxylation is 2. The molecule has 5 aromatic rings. The molecular weight excluding hydrogens is 521 g/mol. The lowest BCUT2D eigenvalue weighted by Gasteiger charge is -2.18. The summed E-state index contributed by atoms with van der Waals surface area (Å²) in [6, 6.07) is 20.2. The highest BCUT2D eigenvalue weighted by atomic mass is 19.1. The van der Waals surface area contributed by atoms with E-state index in [2.05, 4.69) is 10.3 Å². The van der Waals surface area contributed by atoms with Crippen molar-refractivity contribution in [3.05, 3.63) is 118 Å². The number of nitrogens with zero attached hydrogens (tertiary/aromatic N) is 1. The third-order valence-electron chi connectivity index (χ3n) is 7.80. The van der Waals surface area contributed by atoms with Crippen LogP contribution in [-0.4, -0.2) is 21.9 Å². The van der Waals surface area contributed by atoms with Crippen molar-refractivity contribution in [2.75, 3.05) is 0 Å². The predicted octanol–water partition coefficient (Wildman–Crippen LogP) is 5.95. The second kappa shape index (κ2) is 10.2. The zero-order valence-electron chi connectivity index (χ0n) is 22.4. The van der Waals surface area contributed by atoms with E-state index in [0.717, 1.165) is 29.7 Å². The van der Waals surface area contributed by atoms with Gasteiger partial charge in [0.2, 0.25) is 0 Å². The molecule has 0 atom stereocenters. The number of halogens is 1. The number of nitrogens with one attached hydrogen (secondary N) is 1. The van der Waals surface area contributed by atoms with Gasteiger partial charge in [0.15, 0.2) is 0 Å². The topological polar surface area (TPSA) is 118 Å². The van der Waals surface area contributed by atoms with Crippen LogP contribution in [0.25, 0.3) is 22.3 Å². The number of benzene rings is 3. The number of carbonyl (C=O) groups excluding carboxylic acids is 2. The third kappa shape index (κ3) is 5.04. The van der Waals surface area contributed by atoms with Gasteiger partial charge in [-0.05, 0) is 110 Å². The highest BCUT2D eigenvalue weighted by Gasteiger charge is 2.47. The Kier molecular flexibility index (Phi) is 6.53. The smallest absolute Gasteiger partial charge is 0.253 e. The molecule has 2 amide bonds. The molecule has 0 unspecified atom stereocenters. The summed E-state index contributed by atoms with van der Waals surface area (Å²) >= 11 is 0. The first-order valence-electron chi connectivity index (χ1n) is 13.4. The van der Waals surface area contributed by atoms with Crippen LogP contribution in [0.2, 0.25) is 0 Å². The molecule has 0 bridgehead atoms. The fraction of sp³-hybridized carbons (Fsp3) is 0.182. The number of hydrogen-bond donors (Lipinski definition) is 3. The number of fused-ring (bicyclic) bond motifs is 1. The summed E-state index contributed by atoms with van der Waals surface area (Å²) in [5.74, 6) is -0.942. The lowest BCUT2D eigenvalue weighted by atomic mass is 9.96. The Labute approximate surface area is 235 Å². The molecule has 1 aliphatic rings. The Hall–Kier alpha value is -4.98. The number of carbonyl (C=O) groups is 2. The van der Waals surface area contributed by atoms with Crippen molar-refractivity contribution >= 4 is 22.8 Å². The molecule has 1 fully saturated rings. The van der Waals surface area contributed by atoms with E-state index in [1.54, 1.807) is 24.4 Å². The fourth-order valence-electron chi connectivity index (χ4n) is 5.28. The number of nitrogens with two attached hydrogens (primary N) is 1. The Morgan fingerprint density at radius 3 is 2.51 bits per heavy atom. The standard InChI is InChI=1S/C33H28FN3O4/c1-19-22(17-23(18-26(19)38)32(40)37-33(13-14-33)28-4-2-3-15-36-28)7-5-20-6-12-27-25(16-20)29(31(35)39)30(41-27)21-8-10-24(34)11-9-21/h2-4,6,8-12,15-18,38H,5,7,13-14H2,1H3,(H2,35,39)(H,37,40). The van der Waals surface area contributed by atoms with Crippen LogP contribution in [-0.2, 0) is 18.4 Å². The van der Waals surface area contributed by atoms with Crippen LogP contribution >= 0.6 is 0 Å². The maximum atomic E-state index is 13.4. The lowest BCUT2D eigenvalue weighted by molar-refractivity contribution is 0.0928. The number of pyridine rings is 1. The second-order valence-electron chi connectivity index (χ2n) is 10.5. The largest absolute Gasteiger partial charge is 0.508 e. The van der Waals surface area contributed by atoms with Crippen molar-refractivity contribution < 1.29 is 23.5 Å². The minimum absolute atomic E-state index is 0.0561. The molecule has 2 heterocycles. The lowest BCUT2D eigenvalue weighted by Crippen LogP contribution is -2.35. The highest BCUT2D eigenvalue weighted by molar-refractivity contribution is 6.10. The van der Waals surface area contributed by atoms with E-state index in [-0.39, 0.29) is 17.2 Å². The fourth-order valence-corrected chi connectivity index (χ4v) is 5.28. The maximum absolute atomic E-state index is 13.4. The van der Waals surface area contributed by atoms with Gasteiger partial charge in [-0.2, -0.15) is 0 Å². The van der Waals surface area contributed by atoms with Gasteiger partial charge < -0.3 is 20.6 Å². The number of primary amides is 1. The number of amides is 2. The predicted molar refractivity (Wildman–Crippen MR) is 153 cm³/mol. The average Bonchev–Trinajstić information content (AvgIpc) is 3.65. The number of phenols is 1. The number of furan rings is 1. The van der Waals surface area contributed by atoms with Gasteiger partial charge >= 0.3 is 0 Å². The summed E-state index contributed by atoms with van der Waals surface area (Å²) in [4.78, 5) is 30.1. The van der Waals surface area contributed by atoms with Gasteiger partial charge in [0, 0.05) is 22.7 Å². The first-order valence-corrected chi connectivity index (χ1v) is 13.4. The molecule has 4 N–H and O–H groups in total. The molecule has 1 saturated carbocycles. The summed E-state index contributed by atoms with van der Waals surface area (Å²) < 4.78 is 19.4. The molecule has 8 heteroatoms. The maximum Gasteiger partial charge on any atom is 0.253 e. The zero-order chi connectivity index (χ0) is 28.7. The van der Waals surface area contributed by atoms with E-state index in [0.29, 0.717) is 46.3 Å². The van der Waals surface area contributed by atoms with Gasteiger partial charge in [-0.1, -0.05) is 12.1 Å². The second-order valence-corrected chi connectivity index (χ2v) is 10.5. The average molecular weight is 550 g/mol. The molecule has 0 aliphatic heterocycles. The molecule has 3 aromatic carbocycles. The summed E-state index contributed by atoms with van der Waals surface area (Å²) in [6.45, 7) is 1.82. The van der Waals surface area contributed by atoms with Crippen LogP contribution in [0.15, 0.2) is 83.4 Å². The van der Waals surface area contributed by atoms with Gasteiger partial charge in [0.1, 0.15) is 22.9 Å².